The van der Waals surface area contributed by atoms with Crippen LogP contribution in [0.1, 0.15) is 12.5 Å². The third-order valence-electron chi connectivity index (χ3n) is 2.80. The molecule has 1 aromatic carbocycles. The van der Waals surface area contributed by atoms with Crippen molar-refractivity contribution in [3.05, 3.63) is 35.6 Å². The van der Waals surface area contributed by atoms with Gasteiger partial charge in [-0.15, -0.1) is 12.4 Å². The Morgan fingerprint density at radius 2 is 1.95 bits per heavy atom. The number of rotatable bonds is 7. The van der Waals surface area contributed by atoms with Gasteiger partial charge >= 0.3 is 0 Å². The fourth-order valence-electron chi connectivity index (χ4n) is 1.56. The molecule has 1 unspecified atom stereocenters. The molecule has 0 heterocycles. The van der Waals surface area contributed by atoms with Gasteiger partial charge in [0.2, 0.25) is 11.8 Å². The summed E-state index contributed by atoms with van der Waals surface area (Å²) in [5.41, 5.74) is 5.98. The quantitative estimate of drug-likeness (QED) is 0.644. The predicted molar refractivity (Wildman–Crippen MR) is 81.6 cm³/mol. The molecule has 0 aromatic heterocycles. The molecule has 7 heteroatoms. The number of hydrogen-bond acceptors (Lipinski definition) is 3. The number of nitrogens with two attached hydrogens (primary N) is 1. The van der Waals surface area contributed by atoms with Crippen molar-refractivity contribution < 1.29 is 14.0 Å². The number of benzene rings is 1. The van der Waals surface area contributed by atoms with E-state index < -0.39 is 0 Å². The second kappa shape index (κ2) is 10.1. The molecule has 2 amide bonds. The van der Waals surface area contributed by atoms with E-state index in [0.29, 0.717) is 18.7 Å². The lowest BCUT2D eigenvalue weighted by Gasteiger charge is -2.10. The molecular formula is C14H21ClFN3O2. The molecule has 0 aliphatic carbocycles. The lowest BCUT2D eigenvalue weighted by molar-refractivity contribution is -0.124. The molecule has 1 atom stereocenters. The van der Waals surface area contributed by atoms with Gasteiger partial charge in [0, 0.05) is 25.6 Å². The molecule has 0 saturated heterocycles. The van der Waals surface area contributed by atoms with Crippen LogP contribution in [0.2, 0.25) is 0 Å². The Labute approximate surface area is 129 Å². The summed E-state index contributed by atoms with van der Waals surface area (Å²) < 4.78 is 12.9. The Hall–Kier alpha value is -1.66. The van der Waals surface area contributed by atoms with E-state index >= 15 is 0 Å². The molecule has 0 bridgehead atoms. The second-order valence-corrected chi connectivity index (χ2v) is 4.58. The van der Waals surface area contributed by atoms with Crippen molar-refractivity contribution in [2.24, 2.45) is 11.7 Å². The average Bonchev–Trinajstić information content (AvgIpc) is 2.42. The second-order valence-electron chi connectivity index (χ2n) is 4.58. The largest absolute Gasteiger partial charge is 0.354 e. The van der Waals surface area contributed by atoms with Gasteiger partial charge in [-0.05, 0) is 17.7 Å². The maximum Gasteiger partial charge on any atom is 0.224 e. The maximum absolute atomic E-state index is 12.9. The number of hydrogen-bond donors (Lipinski definition) is 3. The van der Waals surface area contributed by atoms with Crippen LogP contribution in [0.4, 0.5) is 4.39 Å². The first-order valence-corrected chi connectivity index (χ1v) is 6.52. The monoisotopic (exact) mass is 317 g/mol. The highest BCUT2D eigenvalue weighted by Gasteiger charge is 2.09. The Morgan fingerprint density at radius 1 is 1.29 bits per heavy atom. The Bertz CT molecular complexity index is 471. The molecule has 118 valence electrons. The van der Waals surface area contributed by atoms with Crippen molar-refractivity contribution >= 4 is 24.2 Å². The zero-order valence-electron chi connectivity index (χ0n) is 11.9. The van der Waals surface area contributed by atoms with Gasteiger partial charge in [0.15, 0.2) is 0 Å². The number of amides is 2. The van der Waals surface area contributed by atoms with E-state index in [1.165, 1.54) is 12.1 Å². The third kappa shape index (κ3) is 7.63. The van der Waals surface area contributed by atoms with Crippen molar-refractivity contribution in [1.29, 1.82) is 0 Å². The minimum Gasteiger partial charge on any atom is -0.354 e. The Balaban J connectivity index is 0.00000400. The molecule has 1 aromatic rings. The molecule has 4 N–H and O–H groups in total. The summed E-state index contributed by atoms with van der Waals surface area (Å²) in [7, 11) is 0. The van der Waals surface area contributed by atoms with Gasteiger partial charge in [-0.2, -0.15) is 0 Å². The molecule has 21 heavy (non-hydrogen) atoms. The maximum atomic E-state index is 12.9. The van der Waals surface area contributed by atoms with Crippen LogP contribution in [0, 0.1) is 11.7 Å². The van der Waals surface area contributed by atoms with E-state index in [1.54, 1.807) is 19.1 Å². The normalized spacial score (nSPS) is 11.2. The molecule has 5 nitrogen and oxygen atoms in total. The van der Waals surface area contributed by atoms with E-state index in [0.717, 1.165) is 0 Å². The minimum atomic E-state index is -0.363. The summed E-state index contributed by atoms with van der Waals surface area (Å²) in [6.45, 7) is 2.70. The fourth-order valence-corrected chi connectivity index (χ4v) is 1.56. The van der Waals surface area contributed by atoms with Gasteiger partial charge in [-0.25, -0.2) is 4.39 Å². The first kappa shape index (κ1) is 19.3. The van der Waals surface area contributed by atoms with Gasteiger partial charge in [0.1, 0.15) is 5.82 Å². The first-order valence-electron chi connectivity index (χ1n) is 6.52. The van der Waals surface area contributed by atoms with Gasteiger partial charge in [0.05, 0.1) is 6.42 Å². The van der Waals surface area contributed by atoms with Crippen molar-refractivity contribution in [2.45, 2.75) is 13.3 Å². The van der Waals surface area contributed by atoms with Crippen LogP contribution in [0.5, 0.6) is 0 Å². The highest BCUT2D eigenvalue weighted by Crippen LogP contribution is 2.03. The lowest BCUT2D eigenvalue weighted by atomic mass is 10.1. The smallest absolute Gasteiger partial charge is 0.224 e. The van der Waals surface area contributed by atoms with Crippen molar-refractivity contribution in [1.82, 2.24) is 10.6 Å². The predicted octanol–water partition coefficient (Wildman–Crippen LogP) is 0.617. The van der Waals surface area contributed by atoms with Crippen LogP contribution in [-0.2, 0) is 16.0 Å². The molecule has 0 radical (unpaired) electrons. The summed E-state index contributed by atoms with van der Waals surface area (Å²) in [6, 6.07) is 5.90. The van der Waals surface area contributed by atoms with E-state index in [9.17, 15) is 14.0 Å². The van der Waals surface area contributed by atoms with Crippen molar-refractivity contribution in [3.8, 4) is 0 Å². The molecule has 0 fully saturated rings. The number of halogens is 2. The minimum absolute atomic E-state index is 0. The molecule has 0 aliphatic rings. The summed E-state index contributed by atoms with van der Waals surface area (Å²) in [6.07, 6.45) is 0.116. The lowest BCUT2D eigenvalue weighted by Crippen LogP contribution is -2.39. The van der Waals surface area contributed by atoms with E-state index in [2.05, 4.69) is 10.6 Å². The summed E-state index contributed by atoms with van der Waals surface area (Å²) >= 11 is 0. The number of carbonyl (C=O) groups is 2. The van der Waals surface area contributed by atoms with Crippen LogP contribution in [-0.4, -0.2) is 31.4 Å². The Kier molecular flexibility index (Phi) is 9.32. The van der Waals surface area contributed by atoms with Crippen molar-refractivity contribution in [2.75, 3.05) is 19.6 Å². The molecule has 1 rings (SSSR count). The molecule has 0 aliphatic heterocycles. The van der Waals surface area contributed by atoms with E-state index in [4.69, 9.17) is 5.73 Å². The zero-order valence-corrected chi connectivity index (χ0v) is 12.7. The van der Waals surface area contributed by atoms with Gasteiger partial charge in [0.25, 0.3) is 0 Å². The van der Waals surface area contributed by atoms with Crippen LogP contribution in [0.3, 0.4) is 0 Å². The van der Waals surface area contributed by atoms with E-state index in [-0.39, 0.29) is 48.9 Å². The van der Waals surface area contributed by atoms with Gasteiger partial charge < -0.3 is 16.4 Å². The summed E-state index contributed by atoms with van der Waals surface area (Å²) in [4.78, 5) is 23.0. The highest BCUT2D eigenvalue weighted by molar-refractivity contribution is 5.85. The first-order chi connectivity index (χ1) is 9.52. The number of nitrogens with one attached hydrogen (secondary N) is 2. The zero-order chi connectivity index (χ0) is 15.0. The summed E-state index contributed by atoms with van der Waals surface area (Å²) in [5.74, 6) is -0.945. The van der Waals surface area contributed by atoms with Crippen LogP contribution >= 0.6 is 12.4 Å². The van der Waals surface area contributed by atoms with Crippen LogP contribution in [0.25, 0.3) is 0 Å². The topological polar surface area (TPSA) is 84.2 Å². The van der Waals surface area contributed by atoms with Crippen molar-refractivity contribution in [3.63, 3.8) is 0 Å². The van der Waals surface area contributed by atoms with Crippen LogP contribution < -0.4 is 16.4 Å². The number of carbonyl (C=O) groups excluding carboxylic acids is 2. The van der Waals surface area contributed by atoms with Gasteiger partial charge in [-0.1, -0.05) is 19.1 Å². The third-order valence-corrected chi connectivity index (χ3v) is 2.80. The fraction of sp³-hybridized carbons (Fsp3) is 0.429. The highest BCUT2D eigenvalue weighted by atomic mass is 35.5. The Morgan fingerprint density at radius 3 is 2.57 bits per heavy atom. The molecular weight excluding hydrogens is 297 g/mol. The SMILES string of the molecule is CC(CN)C(=O)NCCNC(=O)Cc1cccc(F)c1.Cl. The molecule has 0 saturated carbocycles. The van der Waals surface area contributed by atoms with Gasteiger partial charge in [-0.3, -0.25) is 9.59 Å². The van der Waals surface area contributed by atoms with Crippen LogP contribution in [0.15, 0.2) is 24.3 Å². The summed E-state index contributed by atoms with van der Waals surface area (Å²) in [5, 5.41) is 5.32. The molecule has 0 spiro atoms. The standard InChI is InChI=1S/C14H20FN3O2.ClH/c1-10(9-16)14(20)18-6-5-17-13(19)8-11-3-2-4-12(15)7-11;/h2-4,7,10H,5-6,8-9,16H2,1H3,(H,17,19)(H,18,20);1H. The van der Waals surface area contributed by atoms with E-state index in [1.807, 2.05) is 0 Å². The average molecular weight is 318 g/mol.